The number of methoxy groups -OCH3 is 2. The lowest BCUT2D eigenvalue weighted by Gasteiger charge is -2.33. The van der Waals surface area contributed by atoms with E-state index in [-0.39, 0.29) is 5.41 Å². The summed E-state index contributed by atoms with van der Waals surface area (Å²) in [5.41, 5.74) is 2.72. The number of hydroxylamine groups is 1. The number of anilines is 2. The van der Waals surface area contributed by atoms with Crippen molar-refractivity contribution in [2.24, 2.45) is 17.3 Å². The number of esters is 1. The number of amides is 2. The fourth-order valence-electron chi connectivity index (χ4n) is 6.45. The van der Waals surface area contributed by atoms with Gasteiger partial charge in [-0.1, -0.05) is 54.9 Å². The Balaban J connectivity index is 1.46. The number of carbonyl (C=O) groups is 3. The zero-order chi connectivity index (χ0) is 29.9. The number of benzene rings is 2. The molecule has 2 aliphatic heterocycles. The number of thiophene rings is 1. The van der Waals surface area contributed by atoms with Gasteiger partial charge in [0.1, 0.15) is 16.7 Å². The van der Waals surface area contributed by atoms with Gasteiger partial charge in [-0.05, 0) is 66.5 Å². The van der Waals surface area contributed by atoms with Crippen molar-refractivity contribution in [1.82, 2.24) is 0 Å². The highest BCUT2D eigenvalue weighted by Gasteiger charge is 2.61. The minimum Gasteiger partial charge on any atom is -0.496 e. The molecule has 8 nitrogen and oxygen atoms in total. The molecule has 0 unspecified atom stereocenters. The lowest BCUT2D eigenvalue weighted by Crippen LogP contribution is -2.37. The van der Waals surface area contributed by atoms with Gasteiger partial charge >= 0.3 is 5.97 Å². The Hall–Kier alpha value is -3.21. The van der Waals surface area contributed by atoms with Crippen LogP contribution in [0.25, 0.3) is 0 Å². The van der Waals surface area contributed by atoms with E-state index in [2.05, 4.69) is 36.7 Å². The Kier molecular flexibility index (Phi) is 7.43. The van der Waals surface area contributed by atoms with Gasteiger partial charge in [-0.3, -0.25) is 14.4 Å². The SMILES string of the molecule is COC(=O)c1c(N2C(=O)[C@@H]3[C@@H](c4cc(Br)ccc4OC)N(c4ccccc4)O[C@H]3C2=O)sc2c1CC[C@@H](C(C)(C)C)C2. The predicted octanol–water partition coefficient (Wildman–Crippen LogP) is 6.51. The molecule has 2 amide bonds. The molecule has 0 bridgehead atoms. The summed E-state index contributed by atoms with van der Waals surface area (Å²) in [6.45, 7) is 6.66. The highest BCUT2D eigenvalue weighted by Crippen LogP contribution is 2.52. The first kappa shape index (κ1) is 28.9. The number of para-hydroxylation sites is 1. The molecule has 1 aromatic heterocycles. The summed E-state index contributed by atoms with van der Waals surface area (Å²) in [5, 5.41) is 1.97. The number of hydrogen-bond acceptors (Lipinski definition) is 8. The van der Waals surface area contributed by atoms with E-state index in [9.17, 15) is 14.4 Å². The summed E-state index contributed by atoms with van der Waals surface area (Å²) in [7, 11) is 2.90. The van der Waals surface area contributed by atoms with E-state index in [1.807, 2.05) is 48.5 Å². The van der Waals surface area contributed by atoms with Gasteiger partial charge in [-0.25, -0.2) is 14.8 Å². The first-order chi connectivity index (χ1) is 20.0. The summed E-state index contributed by atoms with van der Waals surface area (Å²) in [5.74, 6) is -1.31. The minimum atomic E-state index is -1.07. The molecule has 0 radical (unpaired) electrons. The van der Waals surface area contributed by atoms with E-state index in [0.717, 1.165) is 27.8 Å². The number of fused-ring (bicyclic) bond motifs is 2. The van der Waals surface area contributed by atoms with Crippen LogP contribution in [0.3, 0.4) is 0 Å². The highest BCUT2D eigenvalue weighted by atomic mass is 79.9. The Bertz CT molecular complexity index is 1560. The molecule has 0 spiro atoms. The maximum Gasteiger partial charge on any atom is 0.341 e. The maximum absolute atomic E-state index is 14.4. The largest absolute Gasteiger partial charge is 0.496 e. The summed E-state index contributed by atoms with van der Waals surface area (Å²) in [6, 6.07) is 14.3. The average Bonchev–Trinajstić information content (AvgIpc) is 3.62. The van der Waals surface area contributed by atoms with Crippen molar-refractivity contribution in [1.29, 1.82) is 0 Å². The van der Waals surface area contributed by atoms with Crippen LogP contribution >= 0.6 is 27.3 Å². The van der Waals surface area contributed by atoms with Gasteiger partial charge in [-0.2, -0.15) is 0 Å². The Morgan fingerprint density at radius 2 is 1.81 bits per heavy atom. The van der Waals surface area contributed by atoms with Gasteiger partial charge in [0.15, 0.2) is 6.10 Å². The quantitative estimate of drug-likeness (QED) is 0.229. The first-order valence-electron chi connectivity index (χ1n) is 14.0. The number of ether oxygens (including phenoxy) is 2. The Labute approximate surface area is 257 Å². The smallest absolute Gasteiger partial charge is 0.341 e. The molecular weight excluding hydrogens is 620 g/mol. The summed E-state index contributed by atoms with van der Waals surface area (Å²) >= 11 is 4.91. The molecule has 10 heteroatoms. The predicted molar refractivity (Wildman–Crippen MR) is 164 cm³/mol. The van der Waals surface area contributed by atoms with Crippen molar-refractivity contribution in [3.63, 3.8) is 0 Å². The maximum atomic E-state index is 14.4. The molecule has 3 aliphatic rings. The lowest BCUT2D eigenvalue weighted by molar-refractivity contribution is -0.126. The van der Waals surface area contributed by atoms with Crippen molar-refractivity contribution < 1.29 is 28.7 Å². The second-order valence-electron chi connectivity index (χ2n) is 12.0. The normalized spacial score (nSPS) is 23.7. The van der Waals surface area contributed by atoms with Crippen LogP contribution in [0.1, 0.15) is 59.6 Å². The van der Waals surface area contributed by atoms with Crippen LogP contribution in [0.5, 0.6) is 5.75 Å². The fraction of sp³-hybridized carbons (Fsp3) is 0.406. The number of halogens is 1. The minimum absolute atomic E-state index is 0.0918. The van der Waals surface area contributed by atoms with Gasteiger partial charge in [0.25, 0.3) is 5.91 Å². The summed E-state index contributed by atoms with van der Waals surface area (Å²) in [6.07, 6.45) is 1.33. The second-order valence-corrected chi connectivity index (χ2v) is 14.0. The molecule has 4 atom stereocenters. The van der Waals surface area contributed by atoms with Crippen LogP contribution in [-0.4, -0.2) is 38.1 Å². The standard InChI is InChI=1S/C32H33BrN2O6S/c1-32(2,3)17-11-13-20-23(15-17)42-30(24(20)31(38)40-5)34-28(36)25-26(21-16-18(33)12-14-22(21)39-4)35(41-27(25)29(34)37)19-9-7-6-8-10-19/h6-10,12,14,16-17,25-27H,11,13,15H2,1-5H3/t17-,25-,26-,27-/m1/s1. The van der Waals surface area contributed by atoms with E-state index in [4.69, 9.17) is 14.3 Å². The first-order valence-corrected chi connectivity index (χ1v) is 15.6. The van der Waals surface area contributed by atoms with Crippen LogP contribution in [0.4, 0.5) is 10.7 Å². The second kappa shape index (κ2) is 10.8. The molecule has 6 rings (SSSR count). The lowest BCUT2D eigenvalue weighted by atomic mass is 9.72. The summed E-state index contributed by atoms with van der Waals surface area (Å²) < 4.78 is 11.7. The van der Waals surface area contributed by atoms with E-state index in [1.54, 1.807) is 12.2 Å². The Morgan fingerprint density at radius 1 is 1.07 bits per heavy atom. The molecule has 1 aliphatic carbocycles. The molecule has 0 N–H and O–H groups in total. The molecular formula is C32H33BrN2O6S. The van der Waals surface area contributed by atoms with Crippen molar-refractivity contribution in [3.05, 3.63) is 74.6 Å². The van der Waals surface area contributed by atoms with Crippen molar-refractivity contribution in [3.8, 4) is 5.75 Å². The average molecular weight is 654 g/mol. The number of imide groups is 1. The third-order valence-corrected chi connectivity index (χ3v) is 10.4. The van der Waals surface area contributed by atoms with Gasteiger partial charge in [0.05, 0.1) is 31.5 Å². The number of carbonyl (C=O) groups excluding carboxylic acids is 3. The zero-order valence-corrected chi connectivity index (χ0v) is 26.6. The molecule has 0 saturated carbocycles. The highest BCUT2D eigenvalue weighted by molar-refractivity contribution is 9.10. The van der Waals surface area contributed by atoms with Gasteiger partial charge in [0, 0.05) is 14.9 Å². The fourth-order valence-corrected chi connectivity index (χ4v) is 8.25. The van der Waals surface area contributed by atoms with E-state index in [0.29, 0.717) is 39.9 Å². The number of nitrogens with zero attached hydrogens (tertiary/aromatic N) is 2. The molecule has 2 fully saturated rings. The van der Waals surface area contributed by atoms with Crippen LogP contribution in [0, 0.1) is 17.3 Å². The van der Waals surface area contributed by atoms with E-state index >= 15 is 0 Å². The third kappa shape index (κ3) is 4.64. The van der Waals surface area contributed by atoms with Crippen molar-refractivity contribution in [2.45, 2.75) is 52.2 Å². The number of rotatable bonds is 5. The molecule has 220 valence electrons. The van der Waals surface area contributed by atoms with Crippen LogP contribution in [0.15, 0.2) is 53.0 Å². The molecule has 2 saturated heterocycles. The molecule has 3 aromatic rings. The van der Waals surface area contributed by atoms with E-state index in [1.165, 1.54) is 23.3 Å². The van der Waals surface area contributed by atoms with Gasteiger partial charge in [-0.15, -0.1) is 11.3 Å². The van der Waals surface area contributed by atoms with Crippen LogP contribution in [0.2, 0.25) is 0 Å². The number of hydrogen-bond donors (Lipinski definition) is 0. The van der Waals surface area contributed by atoms with Crippen LogP contribution < -0.4 is 14.7 Å². The Morgan fingerprint density at radius 3 is 2.48 bits per heavy atom. The van der Waals surface area contributed by atoms with Gasteiger partial charge in [0.2, 0.25) is 5.91 Å². The van der Waals surface area contributed by atoms with Crippen molar-refractivity contribution in [2.75, 3.05) is 24.2 Å². The zero-order valence-electron chi connectivity index (χ0n) is 24.2. The molecule has 2 aromatic carbocycles. The monoisotopic (exact) mass is 652 g/mol. The topological polar surface area (TPSA) is 85.4 Å². The van der Waals surface area contributed by atoms with Crippen LogP contribution in [-0.2, 0) is 32.0 Å². The third-order valence-electron chi connectivity index (χ3n) is 8.70. The molecule has 42 heavy (non-hydrogen) atoms. The van der Waals surface area contributed by atoms with Gasteiger partial charge < -0.3 is 9.47 Å². The van der Waals surface area contributed by atoms with Crippen molar-refractivity contribution >= 4 is 55.7 Å². The summed E-state index contributed by atoms with van der Waals surface area (Å²) in [4.78, 5) is 50.3. The molecule has 3 heterocycles. The van der Waals surface area contributed by atoms with E-state index < -0.39 is 35.8 Å².